The van der Waals surface area contributed by atoms with Gasteiger partial charge in [0.25, 0.3) is 0 Å². The van der Waals surface area contributed by atoms with Crippen LogP contribution in [0.3, 0.4) is 0 Å². The molecule has 2 aromatic rings. The van der Waals surface area contributed by atoms with Crippen molar-refractivity contribution in [2.45, 2.75) is 0 Å². The molecule has 4 nitrogen and oxygen atoms in total. The van der Waals surface area contributed by atoms with Gasteiger partial charge in [-0.1, -0.05) is 5.16 Å². The first-order valence-corrected chi connectivity index (χ1v) is 3.48. The average Bonchev–Trinajstić information content (AvgIpc) is 2.57. The molecule has 0 spiro atoms. The molecule has 0 radical (unpaired) electrons. The second kappa shape index (κ2) is 2.65. The van der Waals surface area contributed by atoms with Crippen LogP contribution >= 0.6 is 0 Å². The molecule has 0 aliphatic heterocycles. The molecule has 2 aromatic heterocycles. The highest BCUT2D eigenvalue weighted by Gasteiger charge is 2.03. The van der Waals surface area contributed by atoms with Crippen molar-refractivity contribution in [1.29, 1.82) is 0 Å². The average molecular weight is 161 g/mol. The van der Waals surface area contributed by atoms with Gasteiger partial charge in [0.15, 0.2) is 0 Å². The topological polar surface area (TPSA) is 64.9 Å². The summed E-state index contributed by atoms with van der Waals surface area (Å²) in [5.74, 6) is 0.487. The van der Waals surface area contributed by atoms with Crippen molar-refractivity contribution in [2.75, 3.05) is 5.73 Å². The van der Waals surface area contributed by atoms with E-state index in [0.717, 1.165) is 11.1 Å². The minimum atomic E-state index is 0.487. The van der Waals surface area contributed by atoms with Gasteiger partial charge >= 0.3 is 0 Å². The highest BCUT2D eigenvalue weighted by Crippen LogP contribution is 2.22. The summed E-state index contributed by atoms with van der Waals surface area (Å²) in [6.45, 7) is 0. The molecule has 60 valence electrons. The van der Waals surface area contributed by atoms with Crippen LogP contribution < -0.4 is 5.73 Å². The first kappa shape index (κ1) is 6.84. The van der Waals surface area contributed by atoms with Gasteiger partial charge in [-0.3, -0.25) is 0 Å². The number of anilines is 1. The Bertz CT molecular complexity index is 370. The summed E-state index contributed by atoms with van der Waals surface area (Å²) in [5.41, 5.74) is 7.33. The van der Waals surface area contributed by atoms with Gasteiger partial charge in [-0.05, 0) is 12.1 Å². The quantitative estimate of drug-likeness (QED) is 0.685. The molecule has 2 rings (SSSR count). The Labute approximate surface area is 69.0 Å². The number of hydrogen-bond donors (Lipinski definition) is 1. The van der Waals surface area contributed by atoms with Gasteiger partial charge < -0.3 is 10.3 Å². The molecule has 2 N–H and O–H groups in total. The predicted octanol–water partition coefficient (Wildman–Crippen LogP) is 1.32. The van der Waals surface area contributed by atoms with Crippen LogP contribution in [0, 0.1) is 0 Å². The maximum Gasteiger partial charge on any atom is 0.131 e. The number of aromatic nitrogens is 2. The number of rotatable bonds is 1. The normalized spacial score (nSPS) is 10.0. The van der Waals surface area contributed by atoms with E-state index in [4.69, 9.17) is 10.3 Å². The minimum absolute atomic E-state index is 0.487. The molecule has 0 saturated carbocycles. The zero-order valence-electron chi connectivity index (χ0n) is 6.27. The van der Waals surface area contributed by atoms with Gasteiger partial charge in [0.2, 0.25) is 0 Å². The lowest BCUT2D eigenvalue weighted by atomic mass is 10.1. The summed E-state index contributed by atoms with van der Waals surface area (Å²) in [6, 6.07) is 3.69. The number of pyridine rings is 1. The summed E-state index contributed by atoms with van der Waals surface area (Å²) in [4.78, 5) is 3.94. The van der Waals surface area contributed by atoms with Gasteiger partial charge in [0.05, 0.1) is 6.20 Å². The van der Waals surface area contributed by atoms with Gasteiger partial charge in [-0.25, -0.2) is 4.98 Å². The highest BCUT2D eigenvalue weighted by molar-refractivity contribution is 5.71. The predicted molar refractivity (Wildman–Crippen MR) is 44.1 cm³/mol. The largest absolute Gasteiger partial charge is 0.383 e. The molecule has 4 heteroatoms. The maximum atomic E-state index is 5.63. The van der Waals surface area contributed by atoms with Crippen LogP contribution in [0.2, 0.25) is 0 Å². The number of hydrogen-bond acceptors (Lipinski definition) is 4. The van der Waals surface area contributed by atoms with E-state index in [1.165, 1.54) is 6.26 Å². The number of nitrogens with zero attached hydrogens (tertiary/aromatic N) is 2. The zero-order valence-corrected chi connectivity index (χ0v) is 6.27. The van der Waals surface area contributed by atoms with Crippen LogP contribution in [-0.2, 0) is 0 Å². The van der Waals surface area contributed by atoms with Crippen LogP contribution in [0.15, 0.2) is 35.3 Å². The van der Waals surface area contributed by atoms with Gasteiger partial charge in [0.1, 0.15) is 12.1 Å². The Morgan fingerprint density at radius 2 is 2.33 bits per heavy atom. The van der Waals surface area contributed by atoms with Crippen molar-refractivity contribution in [1.82, 2.24) is 10.1 Å². The third-order valence-electron chi connectivity index (χ3n) is 1.58. The third-order valence-corrected chi connectivity index (χ3v) is 1.58. The fraction of sp³-hybridized carbons (Fsp3) is 0. The molecule has 0 bridgehead atoms. The molecule has 0 unspecified atom stereocenters. The van der Waals surface area contributed by atoms with Crippen LogP contribution in [0.5, 0.6) is 0 Å². The number of nitrogens with two attached hydrogens (primary N) is 1. The SMILES string of the molecule is Nc1ncccc1-c1cnoc1. The lowest BCUT2D eigenvalue weighted by Gasteiger charge is -1.98. The summed E-state index contributed by atoms with van der Waals surface area (Å²) in [7, 11) is 0. The molecule has 0 aromatic carbocycles. The first-order chi connectivity index (χ1) is 5.88. The first-order valence-electron chi connectivity index (χ1n) is 3.48. The fourth-order valence-corrected chi connectivity index (χ4v) is 0.999. The van der Waals surface area contributed by atoms with Gasteiger partial charge in [-0.2, -0.15) is 0 Å². The van der Waals surface area contributed by atoms with E-state index in [1.807, 2.05) is 12.1 Å². The van der Waals surface area contributed by atoms with E-state index >= 15 is 0 Å². The van der Waals surface area contributed by atoms with Crippen LogP contribution in [0.4, 0.5) is 5.82 Å². The molecule has 12 heavy (non-hydrogen) atoms. The summed E-state index contributed by atoms with van der Waals surface area (Å²) >= 11 is 0. The Hall–Kier alpha value is -1.84. The molecule has 0 fully saturated rings. The molecule has 0 aliphatic carbocycles. The van der Waals surface area contributed by atoms with Gasteiger partial charge in [0, 0.05) is 17.3 Å². The fourth-order valence-electron chi connectivity index (χ4n) is 0.999. The van der Waals surface area contributed by atoms with Crippen molar-refractivity contribution in [3.63, 3.8) is 0 Å². The lowest BCUT2D eigenvalue weighted by molar-refractivity contribution is 0.420. The van der Waals surface area contributed by atoms with Crippen molar-refractivity contribution in [3.05, 3.63) is 30.8 Å². The van der Waals surface area contributed by atoms with Gasteiger partial charge in [-0.15, -0.1) is 0 Å². The molecule has 0 amide bonds. The molecular weight excluding hydrogens is 154 g/mol. The van der Waals surface area contributed by atoms with Crippen molar-refractivity contribution in [3.8, 4) is 11.1 Å². The standard InChI is InChI=1S/C8H7N3O/c9-8-7(2-1-3-10-8)6-4-11-12-5-6/h1-5H,(H2,9,10). The van der Waals surface area contributed by atoms with E-state index in [1.54, 1.807) is 12.4 Å². The van der Waals surface area contributed by atoms with E-state index in [-0.39, 0.29) is 0 Å². The Kier molecular flexibility index (Phi) is 1.51. The second-order valence-corrected chi connectivity index (χ2v) is 2.35. The highest BCUT2D eigenvalue weighted by atomic mass is 16.5. The van der Waals surface area contributed by atoms with E-state index in [9.17, 15) is 0 Å². The van der Waals surface area contributed by atoms with Crippen molar-refractivity contribution >= 4 is 5.82 Å². The van der Waals surface area contributed by atoms with Crippen LogP contribution in [-0.4, -0.2) is 10.1 Å². The molecule has 0 saturated heterocycles. The molecule has 2 heterocycles. The van der Waals surface area contributed by atoms with Crippen LogP contribution in [0.25, 0.3) is 11.1 Å². The van der Waals surface area contributed by atoms with E-state index in [0.29, 0.717) is 5.82 Å². The molecule has 0 atom stereocenters. The smallest absolute Gasteiger partial charge is 0.131 e. The second-order valence-electron chi connectivity index (χ2n) is 2.35. The van der Waals surface area contributed by atoms with Crippen LogP contribution in [0.1, 0.15) is 0 Å². The lowest BCUT2D eigenvalue weighted by Crippen LogP contribution is -1.91. The number of nitrogen functional groups attached to an aromatic ring is 1. The Morgan fingerprint density at radius 3 is 3.00 bits per heavy atom. The summed E-state index contributed by atoms with van der Waals surface area (Å²) in [6.07, 6.45) is 4.78. The molecule has 0 aliphatic rings. The monoisotopic (exact) mass is 161 g/mol. The summed E-state index contributed by atoms with van der Waals surface area (Å²) in [5, 5.41) is 3.58. The van der Waals surface area contributed by atoms with E-state index < -0.39 is 0 Å². The minimum Gasteiger partial charge on any atom is -0.383 e. The molecular formula is C8H7N3O. The zero-order chi connectivity index (χ0) is 8.39. The Balaban J connectivity index is 2.55. The third kappa shape index (κ3) is 1.03. The Morgan fingerprint density at radius 1 is 1.42 bits per heavy atom. The van der Waals surface area contributed by atoms with E-state index in [2.05, 4.69) is 10.1 Å². The maximum absolute atomic E-state index is 5.63. The van der Waals surface area contributed by atoms with Crippen molar-refractivity contribution < 1.29 is 4.52 Å². The van der Waals surface area contributed by atoms with Crippen molar-refractivity contribution in [2.24, 2.45) is 0 Å². The summed E-state index contributed by atoms with van der Waals surface area (Å²) < 4.78 is 4.69.